The summed E-state index contributed by atoms with van der Waals surface area (Å²) in [6.45, 7) is 1.15. The van der Waals surface area contributed by atoms with Crippen LogP contribution in [0.25, 0.3) is 0 Å². The van der Waals surface area contributed by atoms with E-state index in [0.29, 0.717) is 12.5 Å². The Morgan fingerprint density at radius 2 is 2.00 bits per heavy atom. The van der Waals surface area contributed by atoms with E-state index in [1.807, 2.05) is 0 Å². The first kappa shape index (κ1) is 11.9. The first-order chi connectivity index (χ1) is 7.78. The van der Waals surface area contributed by atoms with Crippen LogP contribution < -0.4 is 0 Å². The van der Waals surface area contributed by atoms with Crippen LogP contribution in [0.5, 0.6) is 0 Å². The van der Waals surface area contributed by atoms with Gasteiger partial charge in [-0.05, 0) is 31.6 Å². The molecule has 0 amide bonds. The zero-order valence-electron chi connectivity index (χ0n) is 9.82. The van der Waals surface area contributed by atoms with Gasteiger partial charge in [-0.2, -0.15) is 5.26 Å². The number of hydrogen-bond acceptors (Lipinski definition) is 3. The Morgan fingerprint density at radius 3 is 2.56 bits per heavy atom. The summed E-state index contributed by atoms with van der Waals surface area (Å²) in [5, 5.41) is 19.8. The molecule has 90 valence electrons. The first-order valence-corrected chi connectivity index (χ1v) is 6.45. The zero-order valence-corrected chi connectivity index (χ0v) is 9.82. The van der Waals surface area contributed by atoms with Gasteiger partial charge in [0.15, 0.2) is 0 Å². The monoisotopic (exact) mass is 223 g/mol. The second-order valence-corrected chi connectivity index (χ2v) is 5.27. The van der Waals surface area contributed by atoms with Crippen LogP contribution in [0.1, 0.15) is 44.9 Å². The zero-order chi connectivity index (χ0) is 11.4. The summed E-state index contributed by atoms with van der Waals surface area (Å²) in [6, 6.07) is 2.34. The molecule has 2 fully saturated rings. The molecule has 0 aromatic heterocycles. The van der Waals surface area contributed by atoms with Gasteiger partial charge >= 0.3 is 0 Å². The van der Waals surface area contributed by atoms with Gasteiger partial charge in [-0.15, -0.1) is 0 Å². The fourth-order valence-electron chi connectivity index (χ4n) is 3.10. The summed E-state index contributed by atoms with van der Waals surface area (Å²) in [4.78, 5) is 0. The average molecular weight is 223 g/mol. The normalized spacial score (nSPS) is 34.2. The number of hydrogen-bond donors (Lipinski definition) is 1. The Balaban J connectivity index is 2.04. The third-order valence-corrected chi connectivity index (χ3v) is 4.16. The van der Waals surface area contributed by atoms with Crippen LogP contribution in [-0.2, 0) is 4.74 Å². The van der Waals surface area contributed by atoms with E-state index >= 15 is 0 Å². The predicted molar refractivity (Wildman–Crippen MR) is 60.7 cm³/mol. The van der Waals surface area contributed by atoms with E-state index in [0.717, 1.165) is 32.3 Å². The van der Waals surface area contributed by atoms with E-state index in [1.54, 1.807) is 0 Å². The second-order valence-electron chi connectivity index (χ2n) is 5.27. The molecule has 0 radical (unpaired) electrons. The molecule has 1 saturated carbocycles. The third-order valence-electron chi connectivity index (χ3n) is 4.16. The molecule has 0 bridgehead atoms. The van der Waals surface area contributed by atoms with Gasteiger partial charge in [-0.1, -0.05) is 19.3 Å². The molecule has 1 heterocycles. The third kappa shape index (κ3) is 2.23. The molecular weight excluding hydrogens is 202 g/mol. The molecule has 0 aromatic rings. The van der Waals surface area contributed by atoms with E-state index in [-0.39, 0.29) is 0 Å². The topological polar surface area (TPSA) is 53.2 Å². The van der Waals surface area contributed by atoms with Crippen molar-refractivity contribution in [3.8, 4) is 6.07 Å². The summed E-state index contributed by atoms with van der Waals surface area (Å²) in [5.41, 5.74) is -0.625. The maximum Gasteiger partial charge on any atom is 0.107 e. The smallest absolute Gasteiger partial charge is 0.107 e. The maximum atomic E-state index is 10.4. The average Bonchev–Trinajstić information content (AvgIpc) is 2.39. The summed E-state index contributed by atoms with van der Waals surface area (Å²) in [5.74, 6) is 0.315. The molecule has 1 saturated heterocycles. The maximum absolute atomic E-state index is 10.4. The van der Waals surface area contributed by atoms with Crippen molar-refractivity contribution in [1.29, 1.82) is 5.26 Å². The molecule has 2 unspecified atom stereocenters. The minimum absolute atomic E-state index is 0.315. The molecule has 1 aliphatic carbocycles. The summed E-state index contributed by atoms with van der Waals surface area (Å²) in [7, 11) is 0. The van der Waals surface area contributed by atoms with Crippen LogP contribution in [0.3, 0.4) is 0 Å². The Kier molecular flexibility index (Phi) is 3.83. The summed E-state index contributed by atoms with van der Waals surface area (Å²) in [6.07, 6.45) is 7.03. The highest BCUT2D eigenvalue weighted by molar-refractivity contribution is 5.06. The standard InChI is InChI=1S/C13H21NO2/c14-9-13(7-4-8-16-10-13)12(15)11-5-2-1-3-6-11/h11-12,15H,1-8,10H2. The molecule has 1 N–H and O–H groups in total. The van der Waals surface area contributed by atoms with Crippen LogP contribution in [0.15, 0.2) is 0 Å². The molecule has 0 aromatic carbocycles. The van der Waals surface area contributed by atoms with Crippen molar-refractivity contribution in [2.75, 3.05) is 13.2 Å². The Hall–Kier alpha value is -0.590. The number of rotatable bonds is 2. The highest BCUT2D eigenvalue weighted by Crippen LogP contribution is 2.39. The quantitative estimate of drug-likeness (QED) is 0.781. The number of nitriles is 1. The number of nitrogens with zero attached hydrogens (tertiary/aromatic N) is 1. The van der Waals surface area contributed by atoms with Gasteiger partial charge in [0.2, 0.25) is 0 Å². The number of aliphatic hydroxyl groups is 1. The van der Waals surface area contributed by atoms with Crippen molar-refractivity contribution in [2.45, 2.75) is 51.0 Å². The molecule has 3 heteroatoms. The van der Waals surface area contributed by atoms with Crippen molar-refractivity contribution < 1.29 is 9.84 Å². The molecule has 2 aliphatic rings. The van der Waals surface area contributed by atoms with Crippen molar-refractivity contribution >= 4 is 0 Å². The molecule has 2 rings (SSSR count). The van der Waals surface area contributed by atoms with Crippen molar-refractivity contribution in [3.63, 3.8) is 0 Å². The highest BCUT2D eigenvalue weighted by Gasteiger charge is 2.44. The lowest BCUT2D eigenvalue weighted by molar-refractivity contribution is -0.0774. The van der Waals surface area contributed by atoms with Gasteiger partial charge < -0.3 is 9.84 Å². The van der Waals surface area contributed by atoms with Crippen LogP contribution in [0, 0.1) is 22.7 Å². The van der Waals surface area contributed by atoms with Crippen LogP contribution in [-0.4, -0.2) is 24.4 Å². The van der Waals surface area contributed by atoms with Gasteiger partial charge in [-0.25, -0.2) is 0 Å². The van der Waals surface area contributed by atoms with Gasteiger partial charge in [-0.3, -0.25) is 0 Å². The minimum Gasteiger partial charge on any atom is -0.391 e. The van der Waals surface area contributed by atoms with E-state index < -0.39 is 11.5 Å². The lowest BCUT2D eigenvalue weighted by atomic mass is 9.70. The lowest BCUT2D eigenvalue weighted by Crippen LogP contribution is -2.45. The Labute approximate surface area is 97.4 Å². The van der Waals surface area contributed by atoms with E-state index in [2.05, 4.69) is 6.07 Å². The molecule has 1 aliphatic heterocycles. The van der Waals surface area contributed by atoms with E-state index in [4.69, 9.17) is 4.74 Å². The van der Waals surface area contributed by atoms with Crippen molar-refractivity contribution in [3.05, 3.63) is 0 Å². The second kappa shape index (κ2) is 5.16. The fraction of sp³-hybridized carbons (Fsp3) is 0.923. The van der Waals surface area contributed by atoms with Crippen LogP contribution >= 0.6 is 0 Å². The SMILES string of the molecule is N#CC1(C(O)C2CCCCC2)CCCOC1. The van der Waals surface area contributed by atoms with Gasteiger partial charge in [0.05, 0.1) is 18.8 Å². The molecular formula is C13H21NO2. The molecule has 16 heavy (non-hydrogen) atoms. The van der Waals surface area contributed by atoms with Crippen LogP contribution in [0.2, 0.25) is 0 Å². The fourth-order valence-corrected chi connectivity index (χ4v) is 3.10. The molecule has 3 nitrogen and oxygen atoms in total. The lowest BCUT2D eigenvalue weighted by Gasteiger charge is -2.39. The van der Waals surface area contributed by atoms with Crippen LogP contribution in [0.4, 0.5) is 0 Å². The largest absolute Gasteiger partial charge is 0.391 e. The summed E-state index contributed by atoms with van der Waals surface area (Å²) >= 11 is 0. The highest BCUT2D eigenvalue weighted by atomic mass is 16.5. The number of ether oxygens (including phenoxy) is 1. The van der Waals surface area contributed by atoms with E-state index in [9.17, 15) is 10.4 Å². The summed E-state index contributed by atoms with van der Waals surface area (Å²) < 4.78 is 5.41. The predicted octanol–water partition coefficient (Wildman–Crippen LogP) is 2.25. The Morgan fingerprint density at radius 1 is 1.25 bits per heavy atom. The molecule has 2 atom stereocenters. The van der Waals surface area contributed by atoms with Gasteiger partial charge in [0.1, 0.15) is 5.41 Å². The van der Waals surface area contributed by atoms with Crippen molar-refractivity contribution in [1.82, 2.24) is 0 Å². The van der Waals surface area contributed by atoms with Gasteiger partial charge in [0, 0.05) is 6.61 Å². The first-order valence-electron chi connectivity index (χ1n) is 6.45. The Bertz CT molecular complexity index is 260. The van der Waals surface area contributed by atoms with Crippen molar-refractivity contribution in [2.24, 2.45) is 11.3 Å². The number of aliphatic hydroxyl groups excluding tert-OH is 1. The molecule has 0 spiro atoms. The van der Waals surface area contributed by atoms with Gasteiger partial charge in [0.25, 0.3) is 0 Å². The minimum atomic E-state index is -0.625. The van der Waals surface area contributed by atoms with E-state index in [1.165, 1.54) is 19.3 Å².